The largest absolute Gasteiger partial charge is 0.469 e. The maximum absolute atomic E-state index is 12.1. The van der Waals surface area contributed by atoms with Crippen LogP contribution in [-0.2, 0) is 0 Å². The second-order valence-electron chi connectivity index (χ2n) is 4.37. The van der Waals surface area contributed by atoms with Crippen LogP contribution in [0.1, 0.15) is 0 Å². The predicted octanol–water partition coefficient (Wildman–Crippen LogP) is 3.53. The van der Waals surface area contributed by atoms with Gasteiger partial charge in [0.05, 0.1) is 16.9 Å². The number of aromatic amines is 1. The van der Waals surface area contributed by atoms with Crippen molar-refractivity contribution in [2.45, 2.75) is 6.43 Å². The summed E-state index contributed by atoms with van der Waals surface area (Å²) in [5.41, 5.74) is 1.18. The molecule has 2 aromatic heterocycles. The molecule has 0 aliphatic carbocycles. The van der Waals surface area contributed by atoms with Crippen LogP contribution in [0.5, 0.6) is 5.88 Å². The van der Waals surface area contributed by atoms with Gasteiger partial charge in [0.1, 0.15) is 5.52 Å². The molecule has 0 aliphatic heterocycles. The van der Waals surface area contributed by atoms with Crippen molar-refractivity contribution >= 4 is 34.3 Å². The summed E-state index contributed by atoms with van der Waals surface area (Å²) in [6, 6.07) is 3.11. The highest BCUT2D eigenvalue weighted by Gasteiger charge is 2.16. The first-order valence-corrected chi connectivity index (χ1v) is 6.96. The average Bonchev–Trinajstić information content (AvgIpc) is 2.88. The number of rotatable bonds is 4. The zero-order valence-corrected chi connectivity index (χ0v) is 12.7. The summed E-state index contributed by atoms with van der Waals surface area (Å²) < 4.78 is 34.1. The Hall–Kier alpha value is -2.19. The average molecular weight is 362 g/mol. The van der Waals surface area contributed by atoms with Gasteiger partial charge in [0.2, 0.25) is 0 Å². The van der Waals surface area contributed by atoms with Gasteiger partial charge >= 0.3 is 5.76 Å². The van der Waals surface area contributed by atoms with Gasteiger partial charge in [0, 0.05) is 5.56 Å². The number of nitrogens with zero attached hydrogens (tertiary/aromatic N) is 2. The smallest absolute Gasteiger partial charge is 0.417 e. The van der Waals surface area contributed by atoms with E-state index >= 15 is 0 Å². The van der Waals surface area contributed by atoms with Crippen LogP contribution in [0.4, 0.5) is 8.78 Å². The van der Waals surface area contributed by atoms with E-state index in [0.29, 0.717) is 16.1 Å². The van der Waals surface area contributed by atoms with Crippen molar-refractivity contribution in [1.29, 1.82) is 0 Å². The summed E-state index contributed by atoms with van der Waals surface area (Å²) >= 11 is 11.9. The number of oxazole rings is 1. The number of halogens is 4. The predicted molar refractivity (Wildman–Crippen MR) is 79.4 cm³/mol. The summed E-state index contributed by atoms with van der Waals surface area (Å²) in [5, 5.41) is 0.106. The normalized spacial score (nSPS) is 11.3. The minimum absolute atomic E-state index is 0.189. The van der Waals surface area contributed by atoms with E-state index in [4.69, 9.17) is 32.4 Å². The van der Waals surface area contributed by atoms with Gasteiger partial charge in [-0.3, -0.25) is 4.98 Å². The Morgan fingerprint density at radius 1 is 1.35 bits per heavy atom. The molecule has 0 unspecified atom stereocenters. The van der Waals surface area contributed by atoms with Crippen molar-refractivity contribution in [3.63, 3.8) is 0 Å². The van der Waals surface area contributed by atoms with Crippen molar-refractivity contribution in [3.05, 3.63) is 39.1 Å². The van der Waals surface area contributed by atoms with Crippen LogP contribution in [-0.4, -0.2) is 28.0 Å². The lowest BCUT2D eigenvalue weighted by Gasteiger charge is -2.07. The van der Waals surface area contributed by atoms with Crippen molar-refractivity contribution < 1.29 is 17.9 Å². The number of aromatic nitrogens is 3. The maximum atomic E-state index is 12.1. The van der Waals surface area contributed by atoms with Crippen LogP contribution in [0.2, 0.25) is 10.2 Å². The molecule has 0 bridgehead atoms. The van der Waals surface area contributed by atoms with Gasteiger partial charge in [-0.15, -0.1) is 0 Å². The van der Waals surface area contributed by atoms with Gasteiger partial charge in [-0.1, -0.05) is 23.2 Å². The Labute approximate surface area is 137 Å². The molecule has 120 valence electrons. The molecular weight excluding hydrogens is 355 g/mol. The highest BCUT2D eigenvalue weighted by Crippen LogP contribution is 2.32. The van der Waals surface area contributed by atoms with Crippen LogP contribution in [0, 0.1) is 0 Å². The van der Waals surface area contributed by atoms with Crippen LogP contribution in [0.15, 0.2) is 27.5 Å². The first kappa shape index (κ1) is 15.7. The molecule has 0 aliphatic rings. The van der Waals surface area contributed by atoms with Crippen LogP contribution >= 0.6 is 23.2 Å². The topological polar surface area (TPSA) is 81.0 Å². The summed E-state index contributed by atoms with van der Waals surface area (Å²) in [5.74, 6) is -0.887. The summed E-state index contributed by atoms with van der Waals surface area (Å²) in [4.78, 5) is 21.7. The molecule has 0 radical (unpaired) electrons. The fraction of sp³-hybridized carbons (Fsp3) is 0.154. The van der Waals surface area contributed by atoms with Crippen molar-refractivity contribution in [1.82, 2.24) is 15.0 Å². The third-order valence-electron chi connectivity index (χ3n) is 2.85. The first-order valence-electron chi connectivity index (χ1n) is 6.21. The molecule has 23 heavy (non-hydrogen) atoms. The summed E-state index contributed by atoms with van der Waals surface area (Å²) in [6.07, 6.45) is -1.39. The standard InChI is InChI=1S/C13H7Cl2F2N3O3/c14-6-2-1-5(10-9(6)20-13(21)23-10)7-3-18-12(11(15)19-7)22-4-8(16)17/h1-3,8H,4H2,(H,20,21). The van der Waals surface area contributed by atoms with Gasteiger partial charge in [-0.2, -0.15) is 0 Å². The number of benzene rings is 1. The Morgan fingerprint density at radius 2 is 2.13 bits per heavy atom. The zero-order valence-electron chi connectivity index (χ0n) is 11.1. The molecule has 0 atom stereocenters. The Bertz CT molecular complexity index is 926. The third kappa shape index (κ3) is 3.13. The van der Waals surface area contributed by atoms with Gasteiger partial charge in [0.25, 0.3) is 12.3 Å². The van der Waals surface area contributed by atoms with E-state index < -0.39 is 18.8 Å². The molecule has 3 rings (SSSR count). The van der Waals surface area contributed by atoms with Crippen molar-refractivity contribution in [2.75, 3.05) is 6.61 Å². The van der Waals surface area contributed by atoms with E-state index in [1.165, 1.54) is 6.20 Å². The zero-order chi connectivity index (χ0) is 16.6. The number of ether oxygens (including phenoxy) is 1. The number of alkyl halides is 2. The highest BCUT2D eigenvalue weighted by atomic mass is 35.5. The molecule has 1 aromatic carbocycles. The SMILES string of the molecule is O=c1[nH]c2c(Cl)ccc(-c3cnc(OCC(F)F)c(Cl)n3)c2o1. The number of hydrogen-bond donors (Lipinski definition) is 1. The van der Waals surface area contributed by atoms with Gasteiger partial charge in [-0.25, -0.2) is 23.5 Å². The van der Waals surface area contributed by atoms with Gasteiger partial charge < -0.3 is 9.15 Å². The molecule has 0 saturated carbocycles. The van der Waals surface area contributed by atoms with Gasteiger partial charge in [-0.05, 0) is 12.1 Å². The molecule has 10 heteroatoms. The molecule has 0 spiro atoms. The number of H-pyrrole nitrogens is 1. The van der Waals surface area contributed by atoms with Gasteiger partial charge in [0.15, 0.2) is 17.3 Å². The summed E-state index contributed by atoms with van der Waals surface area (Å²) in [7, 11) is 0. The van der Waals surface area contributed by atoms with Crippen molar-refractivity contribution in [3.8, 4) is 17.1 Å². The lowest BCUT2D eigenvalue weighted by atomic mass is 10.1. The number of fused-ring (bicyclic) bond motifs is 1. The second-order valence-corrected chi connectivity index (χ2v) is 5.13. The molecule has 2 heterocycles. The minimum Gasteiger partial charge on any atom is -0.469 e. The fourth-order valence-electron chi connectivity index (χ4n) is 1.93. The molecule has 3 aromatic rings. The number of nitrogens with one attached hydrogen (secondary N) is 1. The Kier molecular flexibility index (Phi) is 4.18. The van der Waals surface area contributed by atoms with E-state index in [-0.39, 0.29) is 22.3 Å². The molecule has 0 saturated heterocycles. The molecule has 6 nitrogen and oxygen atoms in total. The lowest BCUT2D eigenvalue weighted by molar-refractivity contribution is 0.0794. The Balaban J connectivity index is 2.04. The van der Waals surface area contributed by atoms with E-state index in [1.807, 2.05) is 0 Å². The van der Waals surface area contributed by atoms with Crippen LogP contribution < -0.4 is 10.5 Å². The Morgan fingerprint density at radius 3 is 2.83 bits per heavy atom. The molecule has 0 fully saturated rings. The molecule has 1 N–H and O–H groups in total. The monoisotopic (exact) mass is 361 g/mol. The summed E-state index contributed by atoms with van der Waals surface area (Å²) in [6.45, 7) is -0.842. The van der Waals surface area contributed by atoms with E-state index in [1.54, 1.807) is 12.1 Å². The molecule has 0 amide bonds. The van der Waals surface area contributed by atoms with E-state index in [0.717, 1.165) is 0 Å². The lowest BCUT2D eigenvalue weighted by Crippen LogP contribution is -2.08. The van der Waals surface area contributed by atoms with E-state index in [2.05, 4.69) is 15.0 Å². The quantitative estimate of drug-likeness (QED) is 0.768. The number of hydrogen-bond acceptors (Lipinski definition) is 5. The van der Waals surface area contributed by atoms with E-state index in [9.17, 15) is 13.6 Å². The first-order chi connectivity index (χ1) is 11.0. The van der Waals surface area contributed by atoms with Crippen molar-refractivity contribution in [2.24, 2.45) is 0 Å². The van der Waals surface area contributed by atoms with Crippen LogP contribution in [0.25, 0.3) is 22.4 Å². The fourth-order valence-corrected chi connectivity index (χ4v) is 2.32. The maximum Gasteiger partial charge on any atom is 0.417 e. The van der Waals surface area contributed by atoms with Crippen LogP contribution in [0.3, 0.4) is 0 Å². The minimum atomic E-state index is -2.66. The highest BCUT2D eigenvalue weighted by molar-refractivity contribution is 6.35. The third-order valence-corrected chi connectivity index (χ3v) is 3.41. The molecular formula is C13H7Cl2F2N3O3. The second kappa shape index (κ2) is 6.13.